The molecule has 29 heavy (non-hydrogen) atoms. The van der Waals surface area contributed by atoms with Crippen LogP contribution < -0.4 is 20.1 Å². The molecule has 2 aromatic carbocycles. The molecule has 0 spiro atoms. The third-order valence-electron chi connectivity index (χ3n) is 4.40. The van der Waals surface area contributed by atoms with E-state index < -0.39 is 6.04 Å². The Morgan fingerprint density at radius 3 is 2.34 bits per heavy atom. The number of halogens is 1. The van der Waals surface area contributed by atoms with Gasteiger partial charge in [-0.05, 0) is 55.7 Å². The van der Waals surface area contributed by atoms with Gasteiger partial charge in [0.2, 0.25) is 5.91 Å². The van der Waals surface area contributed by atoms with Gasteiger partial charge in [0, 0.05) is 16.7 Å². The molecule has 1 atom stereocenters. The number of nitrogens with one attached hydrogen (secondary N) is 2. The Morgan fingerprint density at radius 1 is 1.14 bits per heavy atom. The summed E-state index contributed by atoms with van der Waals surface area (Å²) in [5, 5.41) is 6.19. The van der Waals surface area contributed by atoms with Gasteiger partial charge in [0.25, 0.3) is 5.91 Å². The number of carbonyl (C=O) groups excluding carboxylic acids is 2. The molecule has 2 aromatic rings. The summed E-state index contributed by atoms with van der Waals surface area (Å²) in [7, 11) is 1.50. The standard InChI is InChI=1S/C22H27ClN2O4/c1-6-29-16-9-7-15(8-10-16)21(26)25-20(13(2)3)22(27)24-18-11-14(4)17(23)12-19(18)28-5/h7-13,20H,6H2,1-5H3,(H,24,27)(H,25,26)/t20-/m0/s1. The molecule has 0 bridgehead atoms. The van der Waals surface area contributed by atoms with Gasteiger partial charge in [-0.25, -0.2) is 0 Å². The van der Waals surface area contributed by atoms with Crippen LogP contribution in [0, 0.1) is 12.8 Å². The number of hydrogen-bond acceptors (Lipinski definition) is 4. The van der Waals surface area contributed by atoms with Crippen LogP contribution in [-0.4, -0.2) is 31.6 Å². The molecule has 156 valence electrons. The molecule has 0 saturated carbocycles. The lowest BCUT2D eigenvalue weighted by Gasteiger charge is -2.22. The van der Waals surface area contributed by atoms with E-state index in [1.807, 2.05) is 27.7 Å². The Bertz CT molecular complexity index is 866. The Kier molecular flexibility index (Phi) is 7.91. The fourth-order valence-corrected chi connectivity index (χ4v) is 2.92. The summed E-state index contributed by atoms with van der Waals surface area (Å²) in [5.74, 6) is 0.350. The van der Waals surface area contributed by atoms with Crippen molar-refractivity contribution in [3.63, 3.8) is 0 Å². The molecular weight excluding hydrogens is 392 g/mol. The van der Waals surface area contributed by atoms with Crippen LogP contribution in [0.5, 0.6) is 11.5 Å². The Balaban J connectivity index is 2.15. The van der Waals surface area contributed by atoms with E-state index in [4.69, 9.17) is 21.1 Å². The molecule has 0 heterocycles. The van der Waals surface area contributed by atoms with E-state index in [-0.39, 0.29) is 17.7 Å². The lowest BCUT2D eigenvalue weighted by Crippen LogP contribution is -2.47. The molecule has 0 aliphatic rings. The molecule has 0 unspecified atom stereocenters. The first-order valence-corrected chi connectivity index (χ1v) is 9.83. The molecule has 7 heteroatoms. The Morgan fingerprint density at radius 2 is 1.79 bits per heavy atom. The van der Waals surface area contributed by atoms with Gasteiger partial charge in [0.1, 0.15) is 17.5 Å². The monoisotopic (exact) mass is 418 g/mol. The third kappa shape index (κ3) is 5.87. The maximum absolute atomic E-state index is 12.9. The number of methoxy groups -OCH3 is 1. The smallest absolute Gasteiger partial charge is 0.251 e. The molecule has 0 aromatic heterocycles. The molecule has 2 rings (SSSR count). The fraction of sp³-hybridized carbons (Fsp3) is 0.364. The minimum atomic E-state index is -0.727. The van der Waals surface area contributed by atoms with E-state index >= 15 is 0 Å². The number of carbonyl (C=O) groups is 2. The minimum Gasteiger partial charge on any atom is -0.495 e. The van der Waals surface area contributed by atoms with Crippen molar-refractivity contribution >= 4 is 29.1 Å². The first kappa shape index (κ1) is 22.6. The topological polar surface area (TPSA) is 76.7 Å². The van der Waals surface area contributed by atoms with Gasteiger partial charge in [-0.1, -0.05) is 25.4 Å². The maximum Gasteiger partial charge on any atom is 0.251 e. The van der Waals surface area contributed by atoms with Crippen LogP contribution >= 0.6 is 11.6 Å². The van der Waals surface area contributed by atoms with Crippen molar-refractivity contribution in [2.45, 2.75) is 33.7 Å². The second-order valence-electron chi connectivity index (χ2n) is 6.94. The van der Waals surface area contributed by atoms with Crippen LogP contribution in [0.2, 0.25) is 5.02 Å². The zero-order valence-electron chi connectivity index (χ0n) is 17.3. The van der Waals surface area contributed by atoms with Crippen LogP contribution in [0.25, 0.3) is 0 Å². The molecule has 6 nitrogen and oxygen atoms in total. The molecule has 0 fully saturated rings. The van der Waals surface area contributed by atoms with E-state index in [0.29, 0.717) is 34.4 Å². The Hall–Kier alpha value is -2.73. The summed E-state index contributed by atoms with van der Waals surface area (Å²) in [5.41, 5.74) is 1.76. The lowest BCUT2D eigenvalue weighted by molar-refractivity contribution is -0.118. The summed E-state index contributed by atoms with van der Waals surface area (Å²) < 4.78 is 10.7. The second kappa shape index (κ2) is 10.2. The van der Waals surface area contributed by atoms with Crippen LogP contribution in [-0.2, 0) is 4.79 Å². The van der Waals surface area contributed by atoms with Gasteiger partial charge in [0.15, 0.2) is 0 Å². The predicted molar refractivity (Wildman–Crippen MR) is 115 cm³/mol. The van der Waals surface area contributed by atoms with Gasteiger partial charge >= 0.3 is 0 Å². The van der Waals surface area contributed by atoms with E-state index in [1.165, 1.54) is 7.11 Å². The average Bonchev–Trinajstić information content (AvgIpc) is 2.69. The largest absolute Gasteiger partial charge is 0.495 e. The van der Waals surface area contributed by atoms with Crippen molar-refractivity contribution in [1.82, 2.24) is 5.32 Å². The molecule has 0 aliphatic heterocycles. The van der Waals surface area contributed by atoms with Crippen LogP contribution in [0.4, 0.5) is 5.69 Å². The van der Waals surface area contributed by atoms with Gasteiger partial charge in [-0.2, -0.15) is 0 Å². The van der Waals surface area contributed by atoms with E-state index in [2.05, 4.69) is 10.6 Å². The van der Waals surface area contributed by atoms with Crippen molar-refractivity contribution < 1.29 is 19.1 Å². The van der Waals surface area contributed by atoms with Gasteiger partial charge in [-0.15, -0.1) is 0 Å². The van der Waals surface area contributed by atoms with Crippen LogP contribution in [0.15, 0.2) is 36.4 Å². The first-order valence-electron chi connectivity index (χ1n) is 9.45. The number of benzene rings is 2. The van der Waals surface area contributed by atoms with Crippen LogP contribution in [0.1, 0.15) is 36.7 Å². The molecule has 2 N–H and O–H groups in total. The van der Waals surface area contributed by atoms with E-state index in [0.717, 1.165) is 5.56 Å². The molecular formula is C22H27ClN2O4. The normalized spacial score (nSPS) is 11.7. The van der Waals surface area contributed by atoms with Crippen molar-refractivity contribution in [2.24, 2.45) is 5.92 Å². The highest BCUT2D eigenvalue weighted by atomic mass is 35.5. The number of amides is 2. The van der Waals surface area contributed by atoms with Gasteiger partial charge in [-0.3, -0.25) is 9.59 Å². The van der Waals surface area contributed by atoms with Gasteiger partial charge in [0.05, 0.1) is 19.4 Å². The van der Waals surface area contributed by atoms with E-state index in [1.54, 1.807) is 36.4 Å². The molecule has 2 amide bonds. The number of aryl methyl sites for hydroxylation is 1. The first-order chi connectivity index (χ1) is 13.8. The minimum absolute atomic E-state index is 0.124. The Labute approximate surface area is 176 Å². The highest BCUT2D eigenvalue weighted by Crippen LogP contribution is 2.31. The zero-order chi connectivity index (χ0) is 21.6. The maximum atomic E-state index is 12.9. The second-order valence-corrected chi connectivity index (χ2v) is 7.35. The quantitative estimate of drug-likeness (QED) is 0.664. The number of hydrogen-bond donors (Lipinski definition) is 2. The summed E-state index contributed by atoms with van der Waals surface area (Å²) in [6.45, 7) is 8.02. The molecule has 0 aliphatic carbocycles. The number of anilines is 1. The van der Waals surface area contributed by atoms with Crippen molar-refractivity contribution in [2.75, 3.05) is 19.0 Å². The summed E-state index contributed by atoms with van der Waals surface area (Å²) >= 11 is 6.12. The van der Waals surface area contributed by atoms with E-state index in [9.17, 15) is 9.59 Å². The van der Waals surface area contributed by atoms with Crippen molar-refractivity contribution in [1.29, 1.82) is 0 Å². The summed E-state index contributed by atoms with van der Waals surface area (Å²) in [6, 6.07) is 9.45. The molecule has 0 saturated heterocycles. The fourth-order valence-electron chi connectivity index (χ4n) is 2.77. The number of rotatable bonds is 8. The average molecular weight is 419 g/mol. The molecule has 0 radical (unpaired) electrons. The predicted octanol–water partition coefficient (Wildman–Crippen LogP) is 4.45. The third-order valence-corrected chi connectivity index (χ3v) is 4.81. The number of ether oxygens (including phenoxy) is 2. The van der Waals surface area contributed by atoms with Crippen molar-refractivity contribution in [3.8, 4) is 11.5 Å². The summed E-state index contributed by atoms with van der Waals surface area (Å²) in [4.78, 5) is 25.5. The SMILES string of the molecule is CCOc1ccc(C(=O)N[C@H](C(=O)Nc2cc(C)c(Cl)cc2OC)C(C)C)cc1. The lowest BCUT2D eigenvalue weighted by atomic mass is 10.0. The van der Waals surface area contributed by atoms with Crippen LogP contribution in [0.3, 0.4) is 0 Å². The highest BCUT2D eigenvalue weighted by Gasteiger charge is 2.26. The van der Waals surface area contributed by atoms with Crippen molar-refractivity contribution in [3.05, 3.63) is 52.5 Å². The van der Waals surface area contributed by atoms with Gasteiger partial charge < -0.3 is 20.1 Å². The summed E-state index contributed by atoms with van der Waals surface area (Å²) in [6.07, 6.45) is 0. The highest BCUT2D eigenvalue weighted by molar-refractivity contribution is 6.31. The zero-order valence-corrected chi connectivity index (χ0v) is 18.1.